The molecule has 10 heteroatoms. The second kappa shape index (κ2) is 8.32. The monoisotopic (exact) mass is 527 g/mol. The van der Waals surface area contributed by atoms with Crippen molar-refractivity contribution in [1.82, 2.24) is 9.62 Å². The van der Waals surface area contributed by atoms with E-state index in [0.717, 1.165) is 0 Å². The number of amides is 1. The largest absolute Gasteiger partial charge is 0.377 e. The topological polar surface area (TPSA) is 99.5 Å². The molecule has 0 unspecified atom stereocenters. The van der Waals surface area contributed by atoms with E-state index in [1.165, 1.54) is 4.90 Å². The van der Waals surface area contributed by atoms with Gasteiger partial charge in [0.15, 0.2) is 5.41 Å². The summed E-state index contributed by atoms with van der Waals surface area (Å²) >= 11 is 0. The van der Waals surface area contributed by atoms with Gasteiger partial charge in [-0.1, -0.05) is 48.5 Å². The van der Waals surface area contributed by atoms with Gasteiger partial charge >= 0.3 is 0 Å². The fourth-order valence-electron chi connectivity index (χ4n) is 5.69. The number of rotatable bonds is 7. The lowest BCUT2D eigenvalue weighted by molar-refractivity contribution is -0.162. The van der Waals surface area contributed by atoms with Gasteiger partial charge in [0.25, 0.3) is 0 Å². The first-order valence-corrected chi connectivity index (χ1v) is 14.0. The van der Waals surface area contributed by atoms with E-state index in [1.807, 2.05) is 18.2 Å². The Hall–Kier alpha value is -2.87. The minimum atomic E-state index is -4.31. The van der Waals surface area contributed by atoms with Crippen molar-refractivity contribution in [2.75, 3.05) is 19.8 Å². The molecule has 2 aromatic carbocycles. The summed E-state index contributed by atoms with van der Waals surface area (Å²) in [5.41, 5.74) is -0.491. The first kappa shape index (κ1) is 24.5. The Morgan fingerprint density at radius 2 is 1.81 bits per heavy atom. The number of sulfonamides is 1. The summed E-state index contributed by atoms with van der Waals surface area (Å²) in [4.78, 5) is 15.2. The lowest BCUT2D eigenvalue weighted by atomic mass is 9.85. The molecule has 2 heterocycles. The van der Waals surface area contributed by atoms with Crippen LogP contribution in [0.25, 0.3) is 11.1 Å². The van der Waals surface area contributed by atoms with E-state index in [0.29, 0.717) is 29.5 Å². The number of nitrogens with one attached hydrogen (secondary N) is 1. The van der Waals surface area contributed by atoms with Crippen LogP contribution in [-0.4, -0.2) is 56.1 Å². The van der Waals surface area contributed by atoms with Crippen LogP contribution < -0.4 is 4.72 Å². The van der Waals surface area contributed by atoms with E-state index < -0.39 is 49.7 Å². The average molecular weight is 528 g/mol. The summed E-state index contributed by atoms with van der Waals surface area (Å²) in [6.07, 6.45) is 1.19. The number of carbonyl (C=O) groups excluding carboxylic acids is 1. The number of hydrogen-bond donors (Lipinski definition) is 1. The van der Waals surface area contributed by atoms with Crippen molar-refractivity contribution in [2.24, 2.45) is 10.8 Å². The zero-order valence-corrected chi connectivity index (χ0v) is 20.9. The van der Waals surface area contributed by atoms with Crippen molar-refractivity contribution < 1.29 is 26.7 Å². The van der Waals surface area contributed by atoms with E-state index in [2.05, 4.69) is 10.8 Å². The maximum atomic E-state index is 15.8. The van der Waals surface area contributed by atoms with Gasteiger partial charge in [0.05, 0.1) is 25.3 Å². The predicted octanol–water partition coefficient (Wildman–Crippen LogP) is 3.31. The molecule has 0 aromatic heterocycles. The van der Waals surface area contributed by atoms with Crippen LogP contribution in [0.3, 0.4) is 0 Å². The molecule has 37 heavy (non-hydrogen) atoms. The van der Waals surface area contributed by atoms with Gasteiger partial charge in [0.1, 0.15) is 5.82 Å². The number of halogens is 2. The van der Waals surface area contributed by atoms with E-state index in [9.17, 15) is 22.9 Å². The highest BCUT2D eigenvalue weighted by Gasteiger charge is 2.66. The summed E-state index contributed by atoms with van der Waals surface area (Å²) in [5, 5.41) is 7.46. The Bertz CT molecular complexity index is 1400. The van der Waals surface area contributed by atoms with Crippen LogP contribution in [0.15, 0.2) is 48.5 Å². The lowest BCUT2D eigenvalue weighted by Crippen LogP contribution is -2.58. The van der Waals surface area contributed by atoms with Crippen molar-refractivity contribution in [3.05, 3.63) is 59.9 Å². The van der Waals surface area contributed by atoms with E-state index >= 15 is 4.39 Å². The second-order valence-corrected chi connectivity index (χ2v) is 12.9. The normalized spacial score (nSPS) is 26.4. The minimum Gasteiger partial charge on any atom is -0.377 e. The first-order chi connectivity index (χ1) is 17.6. The van der Waals surface area contributed by atoms with Gasteiger partial charge in [-0.15, -0.1) is 0 Å². The molecule has 2 aromatic rings. The second-order valence-electron chi connectivity index (χ2n) is 10.9. The fourth-order valence-corrected chi connectivity index (χ4v) is 7.28. The summed E-state index contributed by atoms with van der Waals surface area (Å²) in [6.45, 7) is 0.146. The molecule has 2 saturated heterocycles. The molecule has 2 aliphatic carbocycles. The molecule has 4 fully saturated rings. The Balaban J connectivity index is 1.39. The summed E-state index contributed by atoms with van der Waals surface area (Å²) in [6, 6.07) is 14.6. The third kappa shape index (κ3) is 3.87. The number of likely N-dealkylation sites (tertiary alicyclic amines) is 1. The minimum absolute atomic E-state index is 0.0227. The standard InChI is InChI=1S/C27H27F2N3O4S/c28-22-19(7-4-8-20(22)18-5-2-1-3-6-18)13-21-23(31-37(34,35)27(29)11-12-27)25(9-10-25)15-32(21)24(33)26(14-30)16-36-17-26/h1-8,21,23,31H,9-13,15-17H2/t21-,23+/m0/s1. The molecule has 0 bridgehead atoms. The van der Waals surface area contributed by atoms with Crippen LogP contribution in [0.5, 0.6) is 0 Å². The number of benzene rings is 2. The quantitative estimate of drug-likeness (QED) is 0.596. The van der Waals surface area contributed by atoms with Gasteiger partial charge in [-0.25, -0.2) is 21.9 Å². The van der Waals surface area contributed by atoms with E-state index in [4.69, 9.17) is 4.74 Å². The highest BCUT2D eigenvalue weighted by molar-refractivity contribution is 7.91. The summed E-state index contributed by atoms with van der Waals surface area (Å²) in [7, 11) is -4.31. The first-order valence-electron chi connectivity index (χ1n) is 12.5. The third-order valence-corrected chi connectivity index (χ3v) is 10.3. The van der Waals surface area contributed by atoms with Crippen molar-refractivity contribution in [3.8, 4) is 17.2 Å². The van der Waals surface area contributed by atoms with Gasteiger partial charge in [0, 0.05) is 36.4 Å². The number of nitrogens with zero attached hydrogens (tertiary/aromatic N) is 2. The predicted molar refractivity (Wildman–Crippen MR) is 130 cm³/mol. The van der Waals surface area contributed by atoms with Crippen molar-refractivity contribution in [2.45, 2.75) is 49.2 Å². The van der Waals surface area contributed by atoms with Crippen LogP contribution in [0.4, 0.5) is 8.78 Å². The molecule has 2 atom stereocenters. The maximum absolute atomic E-state index is 15.8. The van der Waals surface area contributed by atoms with Gasteiger partial charge in [-0.05, 0) is 30.4 Å². The Morgan fingerprint density at radius 1 is 1.11 bits per heavy atom. The molecule has 1 amide bonds. The smallest absolute Gasteiger partial charge is 0.248 e. The molecule has 1 N–H and O–H groups in total. The molecule has 7 nitrogen and oxygen atoms in total. The van der Waals surface area contributed by atoms with Crippen LogP contribution in [0, 0.1) is 28.0 Å². The number of alkyl halides is 1. The number of nitriles is 1. The van der Waals surface area contributed by atoms with Gasteiger partial charge in [-0.3, -0.25) is 4.79 Å². The lowest BCUT2D eigenvalue weighted by Gasteiger charge is -2.39. The number of carbonyl (C=O) groups is 1. The van der Waals surface area contributed by atoms with Gasteiger partial charge in [0.2, 0.25) is 20.9 Å². The summed E-state index contributed by atoms with van der Waals surface area (Å²) < 4.78 is 64.3. The Kier molecular flexibility index (Phi) is 5.50. The Labute approximate surface area is 214 Å². The third-order valence-electron chi connectivity index (χ3n) is 8.40. The molecule has 0 radical (unpaired) electrons. The molecule has 6 rings (SSSR count). The average Bonchev–Trinajstić information content (AvgIpc) is 3.78. The molecule has 4 aliphatic rings. The molecule has 1 spiro atoms. The maximum Gasteiger partial charge on any atom is 0.248 e. The molecule has 2 aliphatic heterocycles. The van der Waals surface area contributed by atoms with E-state index in [-0.39, 0.29) is 39.0 Å². The van der Waals surface area contributed by atoms with Gasteiger partial charge in [-0.2, -0.15) is 5.26 Å². The Morgan fingerprint density at radius 3 is 2.38 bits per heavy atom. The zero-order valence-electron chi connectivity index (χ0n) is 20.1. The summed E-state index contributed by atoms with van der Waals surface area (Å²) in [5.74, 6) is -0.897. The molecular formula is C27H27F2N3O4S. The van der Waals surface area contributed by atoms with Crippen LogP contribution in [0.2, 0.25) is 0 Å². The zero-order chi connectivity index (χ0) is 26.1. The van der Waals surface area contributed by atoms with Crippen LogP contribution in [0.1, 0.15) is 31.2 Å². The molecule has 194 valence electrons. The molecule has 2 saturated carbocycles. The van der Waals surface area contributed by atoms with Crippen LogP contribution >= 0.6 is 0 Å². The van der Waals surface area contributed by atoms with Crippen molar-refractivity contribution in [1.29, 1.82) is 5.26 Å². The van der Waals surface area contributed by atoms with Crippen molar-refractivity contribution in [3.63, 3.8) is 0 Å². The van der Waals surface area contributed by atoms with Gasteiger partial charge < -0.3 is 9.64 Å². The highest BCUT2D eigenvalue weighted by atomic mass is 32.2. The highest BCUT2D eigenvalue weighted by Crippen LogP contribution is 2.57. The number of ether oxygens (including phenoxy) is 1. The molecular weight excluding hydrogens is 500 g/mol. The fraction of sp³-hybridized carbons (Fsp3) is 0.481. The van der Waals surface area contributed by atoms with E-state index in [1.54, 1.807) is 30.3 Å². The SMILES string of the molecule is N#CC1(C(=O)N2CC3(CC3)[C@H](NS(=O)(=O)C3(F)CC3)[C@@H]2Cc2cccc(-c3ccccc3)c2F)COC1. The number of hydrogen-bond acceptors (Lipinski definition) is 5. The van der Waals surface area contributed by atoms with Crippen LogP contribution in [-0.2, 0) is 26.0 Å². The van der Waals surface area contributed by atoms with Crippen molar-refractivity contribution >= 4 is 15.9 Å².